The fourth-order valence-electron chi connectivity index (χ4n) is 3.77. The molecule has 0 bridgehead atoms. The summed E-state index contributed by atoms with van der Waals surface area (Å²) in [7, 11) is 1.20. The zero-order chi connectivity index (χ0) is 22.4. The quantitative estimate of drug-likeness (QED) is 0.358. The Balaban J connectivity index is 1.77. The second-order valence-electron chi connectivity index (χ2n) is 7.20. The number of benzene rings is 2. The van der Waals surface area contributed by atoms with E-state index in [-0.39, 0.29) is 33.8 Å². The summed E-state index contributed by atoms with van der Waals surface area (Å²) in [6.45, 7) is -0.673. The van der Waals surface area contributed by atoms with E-state index in [1.54, 1.807) is 12.1 Å². The van der Waals surface area contributed by atoms with Gasteiger partial charge in [0.05, 0.1) is 19.3 Å². The zero-order valence-corrected chi connectivity index (χ0v) is 16.3. The molecule has 0 spiro atoms. The molecule has 2 aromatic carbocycles. The molecule has 0 amide bonds. The molecule has 0 radical (unpaired) electrons. The number of carbonyl (C=O) groups excluding carboxylic acids is 2. The molecule has 31 heavy (non-hydrogen) atoms. The van der Waals surface area contributed by atoms with Crippen molar-refractivity contribution >= 4 is 11.6 Å². The van der Waals surface area contributed by atoms with Crippen molar-refractivity contribution in [2.45, 2.75) is 30.7 Å². The lowest BCUT2D eigenvalue weighted by Gasteiger charge is -2.39. The largest absolute Gasteiger partial charge is 0.502 e. The number of carbonyl (C=O) groups is 2. The van der Waals surface area contributed by atoms with E-state index in [2.05, 4.69) is 0 Å². The topological polar surface area (TPSA) is 163 Å². The number of hydrogen-bond donors (Lipinski definition) is 5. The van der Waals surface area contributed by atoms with E-state index in [0.717, 1.165) is 6.07 Å². The van der Waals surface area contributed by atoms with E-state index >= 15 is 0 Å². The first kappa shape index (κ1) is 21.2. The number of ketones is 2. The Kier molecular flexibility index (Phi) is 5.42. The average molecular weight is 432 g/mol. The lowest BCUT2D eigenvalue weighted by atomic mass is 9.83. The predicted octanol–water partition coefficient (Wildman–Crippen LogP) is -0.645. The van der Waals surface area contributed by atoms with Gasteiger partial charge in [-0.25, -0.2) is 0 Å². The highest BCUT2D eigenvalue weighted by Gasteiger charge is 2.45. The fourth-order valence-corrected chi connectivity index (χ4v) is 3.77. The SMILES string of the molecule is COc1c(O)c(O[C@@H]2O[C@H](CO)[C@@H](O)[C@H](O)[C@H]2O)cc2c1C(=O)c1ccccc1C2=O. The van der Waals surface area contributed by atoms with Crippen molar-refractivity contribution in [2.75, 3.05) is 13.7 Å². The van der Waals surface area contributed by atoms with Crippen molar-refractivity contribution in [1.82, 2.24) is 0 Å². The van der Waals surface area contributed by atoms with Gasteiger partial charge in [0.1, 0.15) is 24.4 Å². The van der Waals surface area contributed by atoms with Gasteiger partial charge in [0.15, 0.2) is 23.1 Å². The molecule has 1 heterocycles. The molecule has 10 heteroatoms. The second kappa shape index (κ2) is 7.91. The molecule has 10 nitrogen and oxygen atoms in total. The minimum Gasteiger partial charge on any atom is -0.502 e. The molecule has 1 saturated heterocycles. The molecular weight excluding hydrogens is 412 g/mol. The summed E-state index contributed by atoms with van der Waals surface area (Å²) in [4.78, 5) is 26.0. The number of ether oxygens (including phenoxy) is 3. The molecule has 4 rings (SSSR count). The lowest BCUT2D eigenvalue weighted by molar-refractivity contribution is -0.277. The molecule has 0 aromatic heterocycles. The minimum absolute atomic E-state index is 0.0852. The summed E-state index contributed by atoms with van der Waals surface area (Å²) < 4.78 is 15.9. The van der Waals surface area contributed by atoms with Gasteiger partial charge in [0.2, 0.25) is 12.0 Å². The van der Waals surface area contributed by atoms with Gasteiger partial charge in [-0.1, -0.05) is 24.3 Å². The first-order valence-electron chi connectivity index (χ1n) is 9.39. The van der Waals surface area contributed by atoms with Crippen molar-refractivity contribution in [2.24, 2.45) is 0 Å². The number of rotatable bonds is 4. The summed E-state index contributed by atoms with van der Waals surface area (Å²) in [5.41, 5.74) is 0.120. The van der Waals surface area contributed by atoms with Crippen LogP contribution >= 0.6 is 0 Å². The van der Waals surface area contributed by atoms with Crippen molar-refractivity contribution < 1.29 is 49.3 Å². The van der Waals surface area contributed by atoms with E-state index < -0.39 is 54.6 Å². The molecule has 1 fully saturated rings. The van der Waals surface area contributed by atoms with Crippen molar-refractivity contribution in [3.05, 3.63) is 52.6 Å². The van der Waals surface area contributed by atoms with Crippen molar-refractivity contribution in [1.29, 1.82) is 0 Å². The van der Waals surface area contributed by atoms with Crippen LogP contribution in [0.4, 0.5) is 0 Å². The predicted molar refractivity (Wildman–Crippen MR) is 102 cm³/mol. The molecule has 2 aliphatic rings. The molecule has 0 unspecified atom stereocenters. The number of hydrogen-bond acceptors (Lipinski definition) is 10. The molecule has 1 aliphatic carbocycles. The van der Waals surface area contributed by atoms with Gasteiger partial charge in [-0.15, -0.1) is 0 Å². The first-order valence-corrected chi connectivity index (χ1v) is 9.39. The maximum atomic E-state index is 13.0. The third-order valence-corrected chi connectivity index (χ3v) is 5.40. The summed E-state index contributed by atoms with van der Waals surface area (Å²) in [6.07, 6.45) is -7.88. The summed E-state index contributed by atoms with van der Waals surface area (Å²) >= 11 is 0. The first-order chi connectivity index (χ1) is 14.8. The van der Waals surface area contributed by atoms with Gasteiger partial charge in [-0.3, -0.25) is 9.59 Å². The van der Waals surface area contributed by atoms with Crippen LogP contribution in [0.15, 0.2) is 30.3 Å². The number of phenolic OH excluding ortho intramolecular Hbond substituents is 1. The van der Waals surface area contributed by atoms with Gasteiger partial charge < -0.3 is 39.7 Å². The summed E-state index contributed by atoms with van der Waals surface area (Å²) in [5.74, 6) is -2.30. The minimum atomic E-state index is -1.74. The molecule has 2 aromatic rings. The number of methoxy groups -OCH3 is 1. The van der Waals surface area contributed by atoms with E-state index in [4.69, 9.17) is 14.2 Å². The van der Waals surface area contributed by atoms with Gasteiger partial charge in [0.25, 0.3) is 0 Å². The normalized spacial score (nSPS) is 27.5. The van der Waals surface area contributed by atoms with Crippen LogP contribution in [0.5, 0.6) is 17.2 Å². The third kappa shape index (κ3) is 3.25. The number of aromatic hydroxyl groups is 1. The monoisotopic (exact) mass is 432 g/mol. The Morgan fingerprint density at radius 2 is 1.61 bits per heavy atom. The standard InChI is InChI=1S/C21H20O10/c1-29-20-13-10(14(23)8-4-2-3-5-9(8)15(13)24)6-11(17(20)26)30-21-19(28)18(27)16(25)12(7-22)31-21/h2-6,12,16,18-19,21-22,25-28H,7H2,1H3/t12-,16-,18+,19-,21-/m1/s1. The number of aliphatic hydroxyl groups excluding tert-OH is 4. The number of aliphatic hydroxyl groups is 4. The Labute approximate surface area is 175 Å². The lowest BCUT2D eigenvalue weighted by Crippen LogP contribution is -2.60. The third-order valence-electron chi connectivity index (χ3n) is 5.40. The van der Waals surface area contributed by atoms with Gasteiger partial charge >= 0.3 is 0 Å². The van der Waals surface area contributed by atoms with Gasteiger partial charge in [0, 0.05) is 16.7 Å². The van der Waals surface area contributed by atoms with E-state index in [9.17, 15) is 35.1 Å². The smallest absolute Gasteiger partial charge is 0.229 e. The van der Waals surface area contributed by atoms with E-state index in [1.165, 1.54) is 19.2 Å². The van der Waals surface area contributed by atoms with E-state index in [0.29, 0.717) is 0 Å². The highest BCUT2D eigenvalue weighted by molar-refractivity contribution is 6.29. The molecule has 5 atom stereocenters. The highest BCUT2D eigenvalue weighted by Crippen LogP contribution is 2.45. The van der Waals surface area contributed by atoms with Crippen LogP contribution in [0.25, 0.3) is 0 Å². The summed E-state index contributed by atoms with van der Waals surface area (Å²) in [6, 6.07) is 7.32. The molecule has 0 saturated carbocycles. The van der Waals surface area contributed by atoms with Crippen molar-refractivity contribution in [3.8, 4) is 17.2 Å². The van der Waals surface area contributed by atoms with Crippen LogP contribution in [0.2, 0.25) is 0 Å². The van der Waals surface area contributed by atoms with Crippen LogP contribution < -0.4 is 9.47 Å². The van der Waals surface area contributed by atoms with Crippen LogP contribution in [0.3, 0.4) is 0 Å². The maximum Gasteiger partial charge on any atom is 0.229 e. The molecule has 1 aliphatic heterocycles. The second-order valence-corrected chi connectivity index (χ2v) is 7.20. The highest BCUT2D eigenvalue weighted by atomic mass is 16.7. The molecular formula is C21H20O10. The van der Waals surface area contributed by atoms with Gasteiger partial charge in [-0.2, -0.15) is 0 Å². The average Bonchev–Trinajstić information content (AvgIpc) is 2.78. The van der Waals surface area contributed by atoms with Crippen molar-refractivity contribution in [3.63, 3.8) is 0 Å². The number of phenols is 1. The van der Waals surface area contributed by atoms with E-state index in [1.807, 2.05) is 0 Å². The maximum absolute atomic E-state index is 13.0. The Bertz CT molecular complexity index is 1050. The Morgan fingerprint density at radius 1 is 0.968 bits per heavy atom. The Hall–Kier alpha value is -3.02. The zero-order valence-electron chi connectivity index (χ0n) is 16.3. The van der Waals surface area contributed by atoms with Crippen LogP contribution in [0, 0.1) is 0 Å². The number of fused-ring (bicyclic) bond motifs is 2. The van der Waals surface area contributed by atoms with Crippen LogP contribution in [0.1, 0.15) is 31.8 Å². The Morgan fingerprint density at radius 3 is 2.23 bits per heavy atom. The van der Waals surface area contributed by atoms with Crippen LogP contribution in [-0.2, 0) is 4.74 Å². The molecule has 5 N–H and O–H groups in total. The van der Waals surface area contributed by atoms with Crippen LogP contribution in [-0.4, -0.2) is 81.5 Å². The fraction of sp³-hybridized carbons (Fsp3) is 0.333. The van der Waals surface area contributed by atoms with Gasteiger partial charge in [-0.05, 0) is 6.07 Å². The summed E-state index contributed by atoms with van der Waals surface area (Å²) in [5, 5.41) is 50.0. The molecule has 164 valence electrons.